The first-order valence-corrected chi connectivity index (χ1v) is 9.87. The molecule has 0 atom stereocenters. The molecule has 4 rings (SSSR count). The minimum absolute atomic E-state index is 0.175. The van der Waals surface area contributed by atoms with E-state index in [1.807, 2.05) is 30.3 Å². The predicted octanol–water partition coefficient (Wildman–Crippen LogP) is 3.42. The third-order valence-corrected chi connectivity index (χ3v) is 5.24. The first-order valence-electron chi connectivity index (χ1n) is 9.87. The summed E-state index contributed by atoms with van der Waals surface area (Å²) in [5.74, 6) is -0.774. The predicted molar refractivity (Wildman–Crippen MR) is 112 cm³/mol. The van der Waals surface area contributed by atoms with Crippen LogP contribution >= 0.6 is 0 Å². The lowest BCUT2D eigenvalue weighted by atomic mass is 10.0. The van der Waals surface area contributed by atoms with Crippen molar-refractivity contribution >= 4 is 34.7 Å². The van der Waals surface area contributed by atoms with Gasteiger partial charge in [0.1, 0.15) is 5.70 Å². The number of likely N-dealkylation sites (tertiary alicyclic amines) is 1. The number of imide groups is 1. The van der Waals surface area contributed by atoms with Crippen molar-refractivity contribution in [2.75, 3.05) is 23.3 Å². The largest absolute Gasteiger partial charge is 0.366 e. The second-order valence-corrected chi connectivity index (χ2v) is 7.31. The number of hydrogen-bond donors (Lipinski definition) is 1. The van der Waals surface area contributed by atoms with Crippen LogP contribution in [-0.4, -0.2) is 35.7 Å². The maximum Gasteiger partial charge on any atom is 0.282 e. The summed E-state index contributed by atoms with van der Waals surface area (Å²) >= 11 is 0. The van der Waals surface area contributed by atoms with Crippen LogP contribution in [0.15, 0.2) is 60.3 Å². The fraction of sp³-hybridized carbons (Fsp3) is 0.261. The molecule has 148 valence electrons. The van der Waals surface area contributed by atoms with Gasteiger partial charge in [0.05, 0.1) is 11.3 Å². The highest BCUT2D eigenvalue weighted by atomic mass is 16.2. The third-order valence-electron chi connectivity index (χ3n) is 5.24. The lowest BCUT2D eigenvalue weighted by Gasteiger charge is -2.29. The quantitative estimate of drug-likeness (QED) is 0.814. The van der Waals surface area contributed by atoms with Crippen LogP contribution in [0, 0.1) is 0 Å². The Labute approximate surface area is 169 Å². The number of hydrogen-bond acceptors (Lipinski definition) is 4. The number of carbonyl (C=O) groups excluding carboxylic acids is 3. The molecule has 2 aromatic rings. The molecule has 0 unspecified atom stereocenters. The molecule has 0 saturated carbocycles. The number of amides is 3. The monoisotopic (exact) mass is 389 g/mol. The van der Waals surface area contributed by atoms with E-state index in [1.165, 1.54) is 11.8 Å². The smallest absolute Gasteiger partial charge is 0.282 e. The number of piperidine rings is 1. The van der Waals surface area contributed by atoms with Gasteiger partial charge in [0.15, 0.2) is 0 Å². The Morgan fingerprint density at radius 1 is 0.862 bits per heavy atom. The van der Waals surface area contributed by atoms with Gasteiger partial charge in [-0.15, -0.1) is 0 Å². The SMILES string of the molecule is CC(=O)Nc1ccc(N2C(=O)C(c3ccccc3)=C(N3CCCCC3)C2=O)cc1. The molecule has 1 fully saturated rings. The number of nitrogens with zero attached hydrogens (tertiary/aromatic N) is 2. The summed E-state index contributed by atoms with van der Waals surface area (Å²) in [4.78, 5) is 41.3. The number of anilines is 2. The van der Waals surface area contributed by atoms with Crippen molar-refractivity contribution < 1.29 is 14.4 Å². The summed E-state index contributed by atoms with van der Waals surface area (Å²) in [6.45, 7) is 2.99. The van der Waals surface area contributed by atoms with Gasteiger partial charge in [-0.05, 0) is 49.1 Å². The third kappa shape index (κ3) is 3.66. The first-order chi connectivity index (χ1) is 14.1. The maximum absolute atomic E-state index is 13.4. The van der Waals surface area contributed by atoms with Crippen molar-refractivity contribution in [3.05, 3.63) is 65.9 Å². The minimum Gasteiger partial charge on any atom is -0.366 e. The second-order valence-electron chi connectivity index (χ2n) is 7.31. The summed E-state index contributed by atoms with van der Waals surface area (Å²) in [5.41, 5.74) is 2.82. The molecule has 0 spiro atoms. The highest BCUT2D eigenvalue weighted by Gasteiger charge is 2.42. The molecule has 2 aliphatic heterocycles. The molecule has 29 heavy (non-hydrogen) atoms. The number of nitrogens with one attached hydrogen (secondary N) is 1. The Morgan fingerprint density at radius 2 is 1.52 bits per heavy atom. The van der Waals surface area contributed by atoms with Gasteiger partial charge in [-0.1, -0.05) is 30.3 Å². The van der Waals surface area contributed by atoms with Crippen LogP contribution in [0.2, 0.25) is 0 Å². The molecule has 6 nitrogen and oxygen atoms in total. The topological polar surface area (TPSA) is 69.7 Å². The normalized spacial score (nSPS) is 17.1. The van der Waals surface area contributed by atoms with Crippen molar-refractivity contribution in [1.82, 2.24) is 4.90 Å². The van der Waals surface area contributed by atoms with E-state index in [9.17, 15) is 14.4 Å². The zero-order chi connectivity index (χ0) is 20.4. The fourth-order valence-corrected chi connectivity index (χ4v) is 3.93. The number of rotatable bonds is 4. The van der Waals surface area contributed by atoms with Gasteiger partial charge in [0.25, 0.3) is 11.8 Å². The minimum atomic E-state index is -0.311. The van der Waals surface area contributed by atoms with E-state index in [0.29, 0.717) is 22.6 Å². The molecule has 1 saturated heterocycles. The zero-order valence-corrected chi connectivity index (χ0v) is 16.4. The molecule has 0 aliphatic carbocycles. The molecule has 0 aromatic heterocycles. The molecule has 3 amide bonds. The Hall–Kier alpha value is -3.41. The van der Waals surface area contributed by atoms with Gasteiger partial charge in [-0.3, -0.25) is 14.4 Å². The second kappa shape index (κ2) is 7.91. The first kappa shape index (κ1) is 18.9. The summed E-state index contributed by atoms with van der Waals surface area (Å²) in [6.07, 6.45) is 3.16. The molecular formula is C23H23N3O3. The number of benzene rings is 2. The van der Waals surface area contributed by atoms with Crippen LogP contribution in [-0.2, 0) is 14.4 Å². The molecule has 0 bridgehead atoms. The Kier molecular flexibility index (Phi) is 5.16. The van der Waals surface area contributed by atoms with Crippen molar-refractivity contribution in [3.63, 3.8) is 0 Å². The summed E-state index contributed by atoms with van der Waals surface area (Å²) in [7, 11) is 0. The molecular weight excluding hydrogens is 366 g/mol. The van der Waals surface area contributed by atoms with Crippen LogP contribution in [0.1, 0.15) is 31.7 Å². The van der Waals surface area contributed by atoms with Crippen LogP contribution < -0.4 is 10.2 Å². The van der Waals surface area contributed by atoms with E-state index in [1.54, 1.807) is 24.3 Å². The molecule has 1 N–H and O–H groups in total. The summed E-state index contributed by atoms with van der Waals surface area (Å²) in [6, 6.07) is 16.1. The van der Waals surface area contributed by atoms with Crippen molar-refractivity contribution in [3.8, 4) is 0 Å². The van der Waals surface area contributed by atoms with Gasteiger partial charge >= 0.3 is 0 Å². The highest BCUT2D eigenvalue weighted by Crippen LogP contribution is 2.36. The summed E-state index contributed by atoms with van der Waals surface area (Å²) in [5, 5.41) is 2.69. The fourth-order valence-electron chi connectivity index (χ4n) is 3.93. The van der Waals surface area contributed by atoms with Crippen LogP contribution in [0.3, 0.4) is 0 Å². The zero-order valence-electron chi connectivity index (χ0n) is 16.4. The van der Waals surface area contributed by atoms with Crippen molar-refractivity contribution in [2.24, 2.45) is 0 Å². The maximum atomic E-state index is 13.4. The van der Waals surface area contributed by atoms with Crippen LogP contribution in [0.25, 0.3) is 5.57 Å². The molecule has 2 heterocycles. The van der Waals surface area contributed by atoms with Crippen LogP contribution in [0.4, 0.5) is 11.4 Å². The molecule has 0 radical (unpaired) electrons. The van der Waals surface area contributed by atoms with E-state index < -0.39 is 0 Å². The molecule has 6 heteroatoms. The standard InChI is InChI=1S/C23H23N3O3/c1-16(27)24-18-10-12-19(13-11-18)26-22(28)20(17-8-4-2-5-9-17)21(23(26)29)25-14-6-3-7-15-25/h2,4-5,8-13H,3,6-7,14-15H2,1H3,(H,24,27). The van der Waals surface area contributed by atoms with Crippen LogP contribution in [0.5, 0.6) is 0 Å². The van der Waals surface area contributed by atoms with E-state index >= 15 is 0 Å². The summed E-state index contributed by atoms with van der Waals surface area (Å²) < 4.78 is 0. The van der Waals surface area contributed by atoms with Gasteiger partial charge < -0.3 is 10.2 Å². The lowest BCUT2D eigenvalue weighted by molar-refractivity contribution is -0.121. The van der Waals surface area contributed by atoms with Gasteiger partial charge in [0.2, 0.25) is 5.91 Å². The van der Waals surface area contributed by atoms with Gasteiger partial charge in [-0.25, -0.2) is 4.90 Å². The van der Waals surface area contributed by atoms with E-state index in [-0.39, 0.29) is 17.7 Å². The van der Waals surface area contributed by atoms with E-state index in [4.69, 9.17) is 0 Å². The van der Waals surface area contributed by atoms with Gasteiger partial charge in [0, 0.05) is 25.7 Å². The van der Waals surface area contributed by atoms with Crippen molar-refractivity contribution in [2.45, 2.75) is 26.2 Å². The Balaban J connectivity index is 1.73. The Bertz CT molecular complexity index is 974. The number of carbonyl (C=O) groups is 3. The lowest BCUT2D eigenvalue weighted by Crippen LogP contribution is -2.37. The molecule has 2 aliphatic rings. The highest BCUT2D eigenvalue weighted by molar-refractivity contribution is 6.45. The average Bonchev–Trinajstić information content (AvgIpc) is 3.00. The van der Waals surface area contributed by atoms with E-state index in [0.717, 1.165) is 37.9 Å². The van der Waals surface area contributed by atoms with Crippen molar-refractivity contribution in [1.29, 1.82) is 0 Å². The van der Waals surface area contributed by atoms with E-state index in [2.05, 4.69) is 10.2 Å². The van der Waals surface area contributed by atoms with Gasteiger partial charge in [-0.2, -0.15) is 0 Å². The average molecular weight is 389 g/mol. The molecule has 2 aromatic carbocycles. The Morgan fingerprint density at radius 3 is 2.14 bits per heavy atom.